The van der Waals surface area contributed by atoms with E-state index in [2.05, 4.69) is 5.32 Å². The number of hydrogen-bond acceptors (Lipinski definition) is 3. The average molecular weight is 401 g/mol. The van der Waals surface area contributed by atoms with E-state index >= 15 is 0 Å². The molecular weight excluding hydrogens is 372 g/mol. The third-order valence-corrected chi connectivity index (χ3v) is 7.26. The van der Waals surface area contributed by atoms with Crippen molar-refractivity contribution < 1.29 is 13.2 Å². The quantitative estimate of drug-likeness (QED) is 0.795. The smallest absolute Gasteiger partial charge is 0.251 e. The van der Waals surface area contributed by atoms with Gasteiger partial charge >= 0.3 is 0 Å². The number of nitrogens with one attached hydrogen (secondary N) is 1. The van der Waals surface area contributed by atoms with Gasteiger partial charge in [0.25, 0.3) is 5.91 Å². The molecule has 0 atom stereocenters. The predicted molar refractivity (Wildman–Crippen MR) is 112 cm³/mol. The first-order valence-electron chi connectivity index (χ1n) is 9.76. The highest BCUT2D eigenvalue weighted by Gasteiger charge is 2.27. The summed E-state index contributed by atoms with van der Waals surface area (Å²) in [6.45, 7) is 7.21. The molecule has 0 aromatic heterocycles. The minimum atomic E-state index is -3.41. The lowest BCUT2D eigenvalue weighted by atomic mass is 9.99. The van der Waals surface area contributed by atoms with Crippen LogP contribution in [0.2, 0.25) is 0 Å². The van der Waals surface area contributed by atoms with Gasteiger partial charge in [0, 0.05) is 24.2 Å². The normalized spacial score (nSPS) is 15.5. The third kappa shape index (κ3) is 4.45. The van der Waals surface area contributed by atoms with E-state index in [-0.39, 0.29) is 11.4 Å². The molecule has 1 aliphatic rings. The highest BCUT2D eigenvalue weighted by Crippen LogP contribution is 2.25. The number of carbonyl (C=O) groups is 1. The molecule has 0 bridgehead atoms. The van der Waals surface area contributed by atoms with Crippen LogP contribution in [0.1, 0.15) is 50.4 Å². The molecule has 1 fully saturated rings. The summed E-state index contributed by atoms with van der Waals surface area (Å²) in [5, 5.41) is 3.04. The lowest BCUT2D eigenvalue weighted by Gasteiger charge is -2.24. The Morgan fingerprint density at radius 2 is 1.68 bits per heavy atom. The standard InChI is InChI=1S/C22H28N2O3S/c1-4-22(2,3)23-21(25)19-9-7-8-18(16-19)17-10-12-20(13-11-17)28(26,27)24-14-5-6-15-24/h7-13,16H,4-6,14-15H2,1-3H3,(H,23,25). The van der Waals surface area contributed by atoms with E-state index in [0.29, 0.717) is 23.5 Å². The Hall–Kier alpha value is -2.18. The van der Waals surface area contributed by atoms with Crippen LogP contribution in [0, 0.1) is 0 Å². The molecule has 5 nitrogen and oxygen atoms in total. The lowest BCUT2D eigenvalue weighted by molar-refractivity contribution is 0.0911. The summed E-state index contributed by atoms with van der Waals surface area (Å²) in [6, 6.07) is 14.3. The van der Waals surface area contributed by atoms with Crippen LogP contribution in [0.15, 0.2) is 53.4 Å². The largest absolute Gasteiger partial charge is 0.347 e. The van der Waals surface area contributed by atoms with E-state index in [1.807, 2.05) is 39.0 Å². The highest BCUT2D eigenvalue weighted by atomic mass is 32.2. The molecular formula is C22H28N2O3S. The van der Waals surface area contributed by atoms with Gasteiger partial charge in [-0.3, -0.25) is 4.79 Å². The van der Waals surface area contributed by atoms with Crippen LogP contribution in [0.3, 0.4) is 0 Å². The number of rotatable bonds is 6. The first-order chi connectivity index (χ1) is 13.2. The zero-order valence-corrected chi connectivity index (χ0v) is 17.6. The molecule has 0 saturated carbocycles. The van der Waals surface area contributed by atoms with Crippen molar-refractivity contribution in [3.05, 3.63) is 54.1 Å². The van der Waals surface area contributed by atoms with Crippen molar-refractivity contribution in [1.29, 1.82) is 0 Å². The second-order valence-electron chi connectivity index (χ2n) is 7.91. The number of benzene rings is 2. The van der Waals surface area contributed by atoms with E-state index in [9.17, 15) is 13.2 Å². The van der Waals surface area contributed by atoms with Crippen LogP contribution in [-0.4, -0.2) is 37.3 Å². The lowest BCUT2D eigenvalue weighted by Crippen LogP contribution is -2.42. The Morgan fingerprint density at radius 3 is 2.29 bits per heavy atom. The van der Waals surface area contributed by atoms with E-state index in [1.54, 1.807) is 34.6 Å². The molecule has 0 unspecified atom stereocenters. The molecule has 2 aromatic carbocycles. The molecule has 3 rings (SSSR count). The second kappa shape index (κ2) is 8.05. The first kappa shape index (κ1) is 20.6. The van der Waals surface area contributed by atoms with Crippen LogP contribution >= 0.6 is 0 Å². The zero-order valence-electron chi connectivity index (χ0n) is 16.7. The maximum atomic E-state index is 12.7. The minimum Gasteiger partial charge on any atom is -0.347 e. The summed E-state index contributed by atoms with van der Waals surface area (Å²) in [6.07, 6.45) is 2.67. The number of amides is 1. The van der Waals surface area contributed by atoms with E-state index in [4.69, 9.17) is 0 Å². The van der Waals surface area contributed by atoms with Crippen molar-refractivity contribution in [1.82, 2.24) is 9.62 Å². The number of nitrogens with zero attached hydrogens (tertiary/aromatic N) is 1. The maximum absolute atomic E-state index is 12.7. The Kier molecular flexibility index (Phi) is 5.91. The molecule has 1 amide bonds. The number of sulfonamides is 1. The SMILES string of the molecule is CCC(C)(C)NC(=O)c1cccc(-c2ccc(S(=O)(=O)N3CCCC3)cc2)c1. The van der Waals surface area contributed by atoms with Crippen LogP contribution < -0.4 is 5.32 Å². The van der Waals surface area contributed by atoms with Gasteiger partial charge in [0.15, 0.2) is 0 Å². The summed E-state index contributed by atoms with van der Waals surface area (Å²) in [5.74, 6) is -0.109. The van der Waals surface area contributed by atoms with E-state index < -0.39 is 10.0 Å². The van der Waals surface area contributed by atoms with Crippen LogP contribution in [0.5, 0.6) is 0 Å². The molecule has 1 aliphatic heterocycles. The first-order valence-corrected chi connectivity index (χ1v) is 11.2. The Morgan fingerprint density at radius 1 is 1.04 bits per heavy atom. The van der Waals surface area contributed by atoms with Gasteiger partial charge in [-0.2, -0.15) is 4.31 Å². The topological polar surface area (TPSA) is 66.5 Å². The molecule has 1 N–H and O–H groups in total. The Bertz CT molecular complexity index is 944. The van der Waals surface area contributed by atoms with Crippen LogP contribution in [0.25, 0.3) is 11.1 Å². The molecule has 0 radical (unpaired) electrons. The van der Waals surface area contributed by atoms with Crippen LogP contribution in [-0.2, 0) is 10.0 Å². The molecule has 0 spiro atoms. The monoisotopic (exact) mass is 400 g/mol. The zero-order chi connectivity index (χ0) is 20.4. The van der Waals surface area contributed by atoms with Crippen molar-refractivity contribution in [2.75, 3.05) is 13.1 Å². The van der Waals surface area contributed by atoms with Gasteiger partial charge in [-0.05, 0) is 68.5 Å². The molecule has 6 heteroatoms. The third-order valence-electron chi connectivity index (χ3n) is 5.35. The Balaban J connectivity index is 1.82. The van der Waals surface area contributed by atoms with E-state index in [1.165, 1.54) is 0 Å². The van der Waals surface area contributed by atoms with Crippen molar-refractivity contribution >= 4 is 15.9 Å². The second-order valence-corrected chi connectivity index (χ2v) is 9.85. The Labute approximate surface area is 167 Å². The van der Waals surface area contributed by atoms with Gasteiger partial charge in [0.05, 0.1) is 4.90 Å². The fourth-order valence-corrected chi connectivity index (χ4v) is 4.72. The fourth-order valence-electron chi connectivity index (χ4n) is 3.20. The van der Waals surface area contributed by atoms with Crippen molar-refractivity contribution in [2.45, 2.75) is 50.5 Å². The molecule has 0 aliphatic carbocycles. The van der Waals surface area contributed by atoms with Crippen molar-refractivity contribution in [2.24, 2.45) is 0 Å². The number of carbonyl (C=O) groups excluding carboxylic acids is 1. The molecule has 1 heterocycles. The van der Waals surface area contributed by atoms with Gasteiger partial charge in [0.2, 0.25) is 10.0 Å². The van der Waals surface area contributed by atoms with E-state index in [0.717, 1.165) is 30.4 Å². The summed E-state index contributed by atoms with van der Waals surface area (Å²) in [7, 11) is -3.41. The van der Waals surface area contributed by atoms with Gasteiger partial charge < -0.3 is 5.32 Å². The minimum absolute atomic E-state index is 0.109. The van der Waals surface area contributed by atoms with Gasteiger partial charge in [-0.1, -0.05) is 31.2 Å². The van der Waals surface area contributed by atoms with Gasteiger partial charge in [-0.15, -0.1) is 0 Å². The summed E-state index contributed by atoms with van der Waals surface area (Å²) < 4.78 is 26.9. The fraction of sp³-hybridized carbons (Fsp3) is 0.409. The van der Waals surface area contributed by atoms with Gasteiger partial charge in [0.1, 0.15) is 0 Å². The van der Waals surface area contributed by atoms with Gasteiger partial charge in [-0.25, -0.2) is 8.42 Å². The molecule has 28 heavy (non-hydrogen) atoms. The average Bonchev–Trinajstić information content (AvgIpc) is 3.24. The van der Waals surface area contributed by atoms with Crippen LogP contribution in [0.4, 0.5) is 0 Å². The summed E-state index contributed by atoms with van der Waals surface area (Å²) in [4.78, 5) is 12.9. The molecule has 1 saturated heterocycles. The number of hydrogen-bond donors (Lipinski definition) is 1. The molecule has 150 valence electrons. The van der Waals surface area contributed by atoms with Crippen molar-refractivity contribution in [3.63, 3.8) is 0 Å². The van der Waals surface area contributed by atoms with Crippen molar-refractivity contribution in [3.8, 4) is 11.1 Å². The maximum Gasteiger partial charge on any atom is 0.251 e. The summed E-state index contributed by atoms with van der Waals surface area (Å²) >= 11 is 0. The molecule has 2 aromatic rings. The summed E-state index contributed by atoms with van der Waals surface area (Å²) in [5.41, 5.74) is 2.09. The predicted octanol–water partition coefficient (Wildman–Crippen LogP) is 4.06. The highest BCUT2D eigenvalue weighted by molar-refractivity contribution is 7.89.